The normalized spacial score (nSPS) is 16.0. The highest BCUT2D eigenvalue weighted by atomic mass is 16.5. The SMILES string of the molecule is CCNC(=NCC1(CCOC)CCC1)NCCCCOCc1ccccc1. The average molecular weight is 376 g/mol. The van der Waals surface area contributed by atoms with Crippen LogP contribution in [-0.4, -0.2) is 45.9 Å². The number of benzene rings is 1. The monoisotopic (exact) mass is 375 g/mol. The van der Waals surface area contributed by atoms with E-state index in [2.05, 4.69) is 29.7 Å². The molecule has 0 atom stereocenters. The molecule has 0 saturated heterocycles. The molecule has 0 radical (unpaired) electrons. The third kappa shape index (κ3) is 8.31. The van der Waals surface area contributed by atoms with Crippen LogP contribution in [0.15, 0.2) is 35.3 Å². The number of nitrogens with zero attached hydrogens (tertiary/aromatic N) is 1. The number of aliphatic imine (C=N–C) groups is 1. The number of hydrogen-bond donors (Lipinski definition) is 2. The number of unbranched alkanes of at least 4 members (excludes halogenated alkanes) is 1. The number of rotatable bonds is 13. The topological polar surface area (TPSA) is 54.9 Å². The lowest BCUT2D eigenvalue weighted by molar-refractivity contribution is 0.0778. The van der Waals surface area contributed by atoms with Crippen LogP contribution in [0.1, 0.15) is 51.0 Å². The third-order valence-electron chi connectivity index (χ3n) is 5.29. The first-order valence-corrected chi connectivity index (χ1v) is 10.4. The minimum Gasteiger partial charge on any atom is -0.385 e. The molecule has 0 bridgehead atoms. The fraction of sp³-hybridized carbons (Fsp3) is 0.682. The zero-order chi connectivity index (χ0) is 19.2. The summed E-state index contributed by atoms with van der Waals surface area (Å²) in [5.41, 5.74) is 1.60. The van der Waals surface area contributed by atoms with Crippen LogP contribution in [0.5, 0.6) is 0 Å². The summed E-state index contributed by atoms with van der Waals surface area (Å²) in [7, 11) is 1.78. The first-order valence-electron chi connectivity index (χ1n) is 10.4. The van der Waals surface area contributed by atoms with E-state index in [1.807, 2.05) is 18.2 Å². The Kier molecular flexibility index (Phi) is 10.2. The fourth-order valence-electron chi connectivity index (χ4n) is 3.37. The van der Waals surface area contributed by atoms with Gasteiger partial charge in [0.25, 0.3) is 0 Å². The van der Waals surface area contributed by atoms with Gasteiger partial charge in [0.05, 0.1) is 6.61 Å². The van der Waals surface area contributed by atoms with Crippen molar-refractivity contribution in [1.29, 1.82) is 0 Å². The molecule has 0 heterocycles. The molecule has 1 fully saturated rings. The molecule has 27 heavy (non-hydrogen) atoms. The molecular formula is C22H37N3O2. The summed E-state index contributed by atoms with van der Waals surface area (Å²) in [6, 6.07) is 10.3. The van der Waals surface area contributed by atoms with Crippen LogP contribution in [0.2, 0.25) is 0 Å². The van der Waals surface area contributed by atoms with Gasteiger partial charge in [0.15, 0.2) is 5.96 Å². The number of ether oxygens (including phenoxy) is 2. The van der Waals surface area contributed by atoms with E-state index in [4.69, 9.17) is 14.5 Å². The van der Waals surface area contributed by atoms with E-state index in [0.717, 1.165) is 58.1 Å². The second kappa shape index (κ2) is 12.7. The van der Waals surface area contributed by atoms with Crippen molar-refractivity contribution in [3.63, 3.8) is 0 Å². The first-order chi connectivity index (χ1) is 13.3. The van der Waals surface area contributed by atoms with Gasteiger partial charge in [-0.2, -0.15) is 0 Å². The van der Waals surface area contributed by atoms with E-state index in [-0.39, 0.29) is 0 Å². The molecule has 2 N–H and O–H groups in total. The second-order valence-electron chi connectivity index (χ2n) is 7.46. The predicted molar refractivity (Wildman–Crippen MR) is 112 cm³/mol. The van der Waals surface area contributed by atoms with Crippen LogP contribution in [-0.2, 0) is 16.1 Å². The van der Waals surface area contributed by atoms with Gasteiger partial charge in [-0.25, -0.2) is 0 Å². The maximum Gasteiger partial charge on any atom is 0.191 e. The van der Waals surface area contributed by atoms with Crippen molar-refractivity contribution in [3.8, 4) is 0 Å². The van der Waals surface area contributed by atoms with Crippen molar-refractivity contribution in [2.75, 3.05) is 40.0 Å². The Morgan fingerprint density at radius 3 is 2.59 bits per heavy atom. The summed E-state index contributed by atoms with van der Waals surface area (Å²) < 4.78 is 11.0. The van der Waals surface area contributed by atoms with Crippen molar-refractivity contribution < 1.29 is 9.47 Å². The molecular weight excluding hydrogens is 338 g/mol. The van der Waals surface area contributed by atoms with Crippen molar-refractivity contribution in [3.05, 3.63) is 35.9 Å². The molecule has 1 aliphatic rings. The van der Waals surface area contributed by atoms with Gasteiger partial charge in [-0.3, -0.25) is 4.99 Å². The molecule has 5 nitrogen and oxygen atoms in total. The number of guanidine groups is 1. The Hall–Kier alpha value is -1.59. The van der Waals surface area contributed by atoms with Gasteiger partial charge in [0.2, 0.25) is 0 Å². The highest BCUT2D eigenvalue weighted by Gasteiger charge is 2.36. The van der Waals surface area contributed by atoms with E-state index in [1.165, 1.54) is 24.8 Å². The Morgan fingerprint density at radius 1 is 1.11 bits per heavy atom. The summed E-state index contributed by atoms with van der Waals surface area (Å²) in [4.78, 5) is 4.84. The van der Waals surface area contributed by atoms with Gasteiger partial charge in [-0.15, -0.1) is 0 Å². The number of nitrogens with one attached hydrogen (secondary N) is 2. The predicted octanol–water partition coefficient (Wildman–Crippen LogP) is 3.75. The molecule has 152 valence electrons. The molecule has 5 heteroatoms. The first kappa shape index (κ1) is 21.7. The Labute approximate surface area is 164 Å². The van der Waals surface area contributed by atoms with Crippen LogP contribution in [0.25, 0.3) is 0 Å². The van der Waals surface area contributed by atoms with Gasteiger partial charge in [0.1, 0.15) is 0 Å². The minimum absolute atomic E-state index is 0.365. The summed E-state index contributed by atoms with van der Waals surface area (Å²) in [5.74, 6) is 0.936. The molecule has 2 rings (SSSR count). The Balaban J connectivity index is 1.60. The highest BCUT2D eigenvalue weighted by Crippen LogP contribution is 2.44. The molecule has 0 unspecified atom stereocenters. The molecule has 0 aliphatic heterocycles. The van der Waals surface area contributed by atoms with Gasteiger partial charge in [-0.1, -0.05) is 36.8 Å². The standard InChI is InChI=1S/C22H37N3O2/c1-3-23-21(25-19-22(12-9-13-22)14-17-26-2)24-15-7-8-16-27-18-20-10-5-4-6-11-20/h4-6,10-11H,3,7-9,12-19H2,1-2H3,(H2,23,24,25). The smallest absolute Gasteiger partial charge is 0.191 e. The average Bonchev–Trinajstić information content (AvgIpc) is 2.66. The summed E-state index contributed by atoms with van der Waals surface area (Å²) in [6.45, 7) is 7.14. The van der Waals surface area contributed by atoms with E-state index < -0.39 is 0 Å². The quantitative estimate of drug-likeness (QED) is 0.313. The van der Waals surface area contributed by atoms with Crippen molar-refractivity contribution in [2.24, 2.45) is 10.4 Å². The van der Waals surface area contributed by atoms with E-state index in [9.17, 15) is 0 Å². The zero-order valence-electron chi connectivity index (χ0n) is 17.1. The van der Waals surface area contributed by atoms with Crippen LogP contribution >= 0.6 is 0 Å². The molecule has 1 aromatic rings. The number of hydrogen-bond acceptors (Lipinski definition) is 3. The van der Waals surface area contributed by atoms with Gasteiger partial charge >= 0.3 is 0 Å². The second-order valence-corrected chi connectivity index (χ2v) is 7.46. The zero-order valence-corrected chi connectivity index (χ0v) is 17.1. The van der Waals surface area contributed by atoms with Crippen LogP contribution in [0.4, 0.5) is 0 Å². The van der Waals surface area contributed by atoms with Crippen LogP contribution in [0, 0.1) is 5.41 Å². The molecule has 1 saturated carbocycles. The molecule has 0 aromatic heterocycles. The molecule has 0 amide bonds. The van der Waals surface area contributed by atoms with E-state index in [1.54, 1.807) is 7.11 Å². The lowest BCUT2D eigenvalue weighted by atomic mass is 9.67. The van der Waals surface area contributed by atoms with Gasteiger partial charge < -0.3 is 20.1 Å². The summed E-state index contributed by atoms with van der Waals surface area (Å²) in [6.07, 6.45) is 7.12. The summed E-state index contributed by atoms with van der Waals surface area (Å²) in [5, 5.41) is 6.82. The Morgan fingerprint density at radius 2 is 1.93 bits per heavy atom. The van der Waals surface area contributed by atoms with Crippen molar-refractivity contribution in [1.82, 2.24) is 10.6 Å². The lowest BCUT2D eigenvalue weighted by Crippen LogP contribution is -2.40. The maximum absolute atomic E-state index is 5.74. The van der Waals surface area contributed by atoms with Crippen molar-refractivity contribution >= 4 is 5.96 Å². The third-order valence-corrected chi connectivity index (χ3v) is 5.29. The maximum atomic E-state index is 5.74. The fourth-order valence-corrected chi connectivity index (χ4v) is 3.37. The van der Waals surface area contributed by atoms with E-state index in [0.29, 0.717) is 12.0 Å². The minimum atomic E-state index is 0.365. The van der Waals surface area contributed by atoms with Gasteiger partial charge in [-0.05, 0) is 50.0 Å². The largest absolute Gasteiger partial charge is 0.385 e. The highest BCUT2D eigenvalue weighted by molar-refractivity contribution is 5.79. The van der Waals surface area contributed by atoms with Crippen molar-refractivity contribution in [2.45, 2.75) is 52.1 Å². The summed E-state index contributed by atoms with van der Waals surface area (Å²) >= 11 is 0. The molecule has 1 aliphatic carbocycles. The number of methoxy groups -OCH3 is 1. The van der Waals surface area contributed by atoms with E-state index >= 15 is 0 Å². The molecule has 1 aromatic carbocycles. The van der Waals surface area contributed by atoms with Crippen LogP contribution < -0.4 is 10.6 Å². The lowest BCUT2D eigenvalue weighted by Gasteiger charge is -2.40. The molecule has 0 spiro atoms. The Bertz CT molecular complexity index is 530. The van der Waals surface area contributed by atoms with Gasteiger partial charge in [0, 0.05) is 40.0 Å². The van der Waals surface area contributed by atoms with Crippen LogP contribution in [0.3, 0.4) is 0 Å².